The fourth-order valence-electron chi connectivity index (χ4n) is 1.87. The van der Waals surface area contributed by atoms with Gasteiger partial charge in [-0.2, -0.15) is 0 Å². The lowest BCUT2D eigenvalue weighted by molar-refractivity contribution is 0.503. The van der Waals surface area contributed by atoms with E-state index in [4.69, 9.17) is 11.6 Å². The molecule has 0 saturated heterocycles. The van der Waals surface area contributed by atoms with Crippen molar-refractivity contribution in [2.75, 3.05) is 5.88 Å². The fourth-order valence-corrected chi connectivity index (χ4v) is 2.27. The summed E-state index contributed by atoms with van der Waals surface area (Å²) in [5, 5.41) is 0. The van der Waals surface area contributed by atoms with Crippen LogP contribution in [0.5, 0.6) is 0 Å². The van der Waals surface area contributed by atoms with Gasteiger partial charge in [-0.1, -0.05) is 24.1 Å². The Balaban J connectivity index is 2.97. The highest BCUT2D eigenvalue weighted by atomic mass is 35.5. The number of hydrogen-bond donors (Lipinski definition) is 0. The topological polar surface area (TPSA) is 0 Å². The Morgan fingerprint density at radius 3 is 2.25 bits per heavy atom. The zero-order valence-corrected chi connectivity index (χ0v) is 9.13. The fraction of sp³-hybridized carbons (Fsp3) is 0.636. The second kappa shape index (κ2) is 3.26. The highest BCUT2D eigenvalue weighted by Gasteiger charge is 2.29. The van der Waals surface area contributed by atoms with E-state index in [-0.39, 0.29) is 5.41 Å². The SMILES string of the molecule is CC1=CC(C)(CCCl)C(C)=C1C. The summed E-state index contributed by atoms with van der Waals surface area (Å²) in [6.45, 7) is 8.86. The number of allylic oxidation sites excluding steroid dienone is 4. The van der Waals surface area contributed by atoms with Gasteiger partial charge in [0.15, 0.2) is 0 Å². The molecule has 0 aromatic rings. The van der Waals surface area contributed by atoms with Crippen molar-refractivity contribution >= 4 is 11.6 Å². The first-order valence-corrected chi connectivity index (χ1v) is 4.98. The van der Waals surface area contributed by atoms with Gasteiger partial charge in [0, 0.05) is 11.3 Å². The maximum atomic E-state index is 5.78. The number of hydrogen-bond acceptors (Lipinski definition) is 0. The largest absolute Gasteiger partial charge is 0.127 e. The van der Waals surface area contributed by atoms with Crippen LogP contribution in [0, 0.1) is 5.41 Å². The van der Waals surface area contributed by atoms with Gasteiger partial charge in [-0.3, -0.25) is 0 Å². The number of alkyl halides is 1. The quantitative estimate of drug-likeness (QED) is 0.571. The Morgan fingerprint density at radius 2 is 1.92 bits per heavy atom. The zero-order valence-electron chi connectivity index (χ0n) is 8.37. The molecule has 1 unspecified atom stereocenters. The van der Waals surface area contributed by atoms with Gasteiger partial charge in [-0.25, -0.2) is 0 Å². The van der Waals surface area contributed by atoms with Crippen molar-refractivity contribution in [3.63, 3.8) is 0 Å². The number of halogens is 1. The van der Waals surface area contributed by atoms with Crippen molar-refractivity contribution in [2.24, 2.45) is 5.41 Å². The maximum Gasteiger partial charge on any atom is 0.0234 e. The van der Waals surface area contributed by atoms with Crippen LogP contribution in [0.25, 0.3) is 0 Å². The molecule has 68 valence electrons. The maximum absolute atomic E-state index is 5.78. The van der Waals surface area contributed by atoms with Crippen molar-refractivity contribution in [1.82, 2.24) is 0 Å². The van der Waals surface area contributed by atoms with Crippen LogP contribution in [0.1, 0.15) is 34.1 Å². The minimum absolute atomic E-state index is 0.232. The molecular formula is C11H17Cl. The molecule has 0 aliphatic heterocycles. The third-order valence-corrected chi connectivity index (χ3v) is 3.35. The molecule has 1 rings (SSSR count). The van der Waals surface area contributed by atoms with Crippen LogP contribution < -0.4 is 0 Å². The molecule has 1 aliphatic carbocycles. The summed E-state index contributed by atoms with van der Waals surface area (Å²) in [6.07, 6.45) is 3.40. The smallest absolute Gasteiger partial charge is 0.0234 e. The van der Waals surface area contributed by atoms with Crippen LogP contribution in [0.4, 0.5) is 0 Å². The number of rotatable bonds is 2. The van der Waals surface area contributed by atoms with Crippen molar-refractivity contribution in [1.29, 1.82) is 0 Å². The second-order valence-electron chi connectivity index (χ2n) is 3.93. The van der Waals surface area contributed by atoms with Gasteiger partial charge in [0.25, 0.3) is 0 Å². The summed E-state index contributed by atoms with van der Waals surface area (Å²) < 4.78 is 0. The normalized spacial score (nSPS) is 29.6. The van der Waals surface area contributed by atoms with Gasteiger partial charge in [-0.15, -0.1) is 11.6 Å². The van der Waals surface area contributed by atoms with Gasteiger partial charge in [-0.05, 0) is 32.8 Å². The third kappa shape index (κ3) is 1.45. The molecule has 0 amide bonds. The van der Waals surface area contributed by atoms with Gasteiger partial charge < -0.3 is 0 Å². The first-order chi connectivity index (χ1) is 5.51. The Hall–Kier alpha value is -0.230. The Bertz CT molecular complexity index is 248. The predicted molar refractivity (Wildman–Crippen MR) is 55.6 cm³/mol. The average molecular weight is 185 g/mol. The second-order valence-corrected chi connectivity index (χ2v) is 4.31. The summed E-state index contributed by atoms with van der Waals surface area (Å²) in [6, 6.07) is 0. The van der Waals surface area contributed by atoms with E-state index in [0.29, 0.717) is 0 Å². The lowest BCUT2D eigenvalue weighted by Gasteiger charge is -2.23. The molecule has 12 heavy (non-hydrogen) atoms. The van der Waals surface area contributed by atoms with Crippen LogP contribution in [0.15, 0.2) is 22.8 Å². The highest BCUT2D eigenvalue weighted by molar-refractivity contribution is 6.17. The average Bonchev–Trinajstić information content (AvgIpc) is 2.17. The van der Waals surface area contributed by atoms with Gasteiger partial charge >= 0.3 is 0 Å². The van der Waals surface area contributed by atoms with Crippen molar-refractivity contribution in [3.8, 4) is 0 Å². The summed E-state index contributed by atoms with van der Waals surface area (Å²) in [4.78, 5) is 0. The highest BCUT2D eigenvalue weighted by Crippen LogP contribution is 2.42. The van der Waals surface area contributed by atoms with E-state index in [1.807, 2.05) is 0 Å². The lowest BCUT2D eigenvalue weighted by atomic mass is 9.82. The molecule has 0 aromatic carbocycles. The molecule has 0 radical (unpaired) electrons. The Labute approximate surface area is 80.3 Å². The van der Waals surface area contributed by atoms with Crippen LogP contribution in [0.2, 0.25) is 0 Å². The molecule has 0 N–H and O–H groups in total. The molecule has 0 heterocycles. The van der Waals surface area contributed by atoms with Crippen molar-refractivity contribution in [3.05, 3.63) is 22.8 Å². The molecular weight excluding hydrogens is 168 g/mol. The van der Waals surface area contributed by atoms with Crippen molar-refractivity contribution < 1.29 is 0 Å². The molecule has 1 atom stereocenters. The molecule has 0 nitrogen and oxygen atoms in total. The van der Waals surface area contributed by atoms with Gasteiger partial charge in [0.05, 0.1) is 0 Å². The van der Waals surface area contributed by atoms with Crippen LogP contribution >= 0.6 is 11.6 Å². The van der Waals surface area contributed by atoms with Gasteiger partial charge in [0.1, 0.15) is 0 Å². The first kappa shape index (κ1) is 9.85. The monoisotopic (exact) mass is 184 g/mol. The molecule has 0 saturated carbocycles. The van der Waals surface area contributed by atoms with Crippen LogP contribution in [-0.2, 0) is 0 Å². The van der Waals surface area contributed by atoms with E-state index in [1.165, 1.54) is 16.7 Å². The summed E-state index contributed by atoms with van der Waals surface area (Å²) in [7, 11) is 0. The van der Waals surface area contributed by atoms with Crippen molar-refractivity contribution in [2.45, 2.75) is 34.1 Å². The summed E-state index contributed by atoms with van der Waals surface area (Å²) in [5.41, 5.74) is 4.58. The summed E-state index contributed by atoms with van der Waals surface area (Å²) >= 11 is 5.78. The molecule has 1 aliphatic rings. The molecule has 0 aromatic heterocycles. The zero-order chi connectivity index (χ0) is 9.35. The molecule has 0 spiro atoms. The first-order valence-electron chi connectivity index (χ1n) is 4.45. The van der Waals surface area contributed by atoms with E-state index < -0.39 is 0 Å². The van der Waals surface area contributed by atoms with Crippen LogP contribution in [-0.4, -0.2) is 5.88 Å². The lowest BCUT2D eigenvalue weighted by Crippen LogP contribution is -2.13. The third-order valence-electron chi connectivity index (χ3n) is 3.16. The Morgan fingerprint density at radius 1 is 1.33 bits per heavy atom. The van der Waals surface area contributed by atoms with E-state index in [2.05, 4.69) is 33.8 Å². The standard InChI is InChI=1S/C11H17Cl/c1-8-7-11(4,5-6-12)10(3)9(8)2/h7H,5-6H2,1-4H3. The van der Waals surface area contributed by atoms with E-state index in [9.17, 15) is 0 Å². The van der Waals surface area contributed by atoms with E-state index >= 15 is 0 Å². The minimum Gasteiger partial charge on any atom is -0.127 e. The molecule has 0 fully saturated rings. The van der Waals surface area contributed by atoms with Crippen LogP contribution in [0.3, 0.4) is 0 Å². The predicted octanol–water partition coefficient (Wildman–Crippen LogP) is 3.92. The van der Waals surface area contributed by atoms with E-state index in [0.717, 1.165) is 12.3 Å². The van der Waals surface area contributed by atoms with E-state index in [1.54, 1.807) is 0 Å². The summed E-state index contributed by atoms with van der Waals surface area (Å²) in [5.74, 6) is 0.741. The molecule has 1 heteroatoms. The molecule has 0 bridgehead atoms. The van der Waals surface area contributed by atoms with Gasteiger partial charge in [0.2, 0.25) is 0 Å². The Kier molecular flexibility index (Phi) is 2.67. The minimum atomic E-state index is 0.232.